The quantitative estimate of drug-likeness (QED) is 0.272. The van der Waals surface area contributed by atoms with Crippen LogP contribution in [0, 0.1) is 0 Å². The van der Waals surface area contributed by atoms with Gasteiger partial charge in [-0.05, 0) is 12.8 Å². The van der Waals surface area contributed by atoms with Crippen molar-refractivity contribution in [2.24, 2.45) is 0 Å². The summed E-state index contributed by atoms with van der Waals surface area (Å²) in [7, 11) is -4.41. The molecule has 134 valence electrons. The van der Waals surface area contributed by atoms with Gasteiger partial charge in [-0.2, -0.15) is 0 Å². The van der Waals surface area contributed by atoms with Gasteiger partial charge in [-0.1, -0.05) is 84.5 Å². The van der Waals surface area contributed by atoms with Crippen molar-refractivity contribution in [2.45, 2.75) is 109 Å². The van der Waals surface area contributed by atoms with Gasteiger partial charge in [-0.3, -0.25) is 0 Å². The van der Waals surface area contributed by atoms with Gasteiger partial charge in [0, 0.05) is 0 Å². The number of aliphatic hydroxyl groups is 1. The summed E-state index contributed by atoms with van der Waals surface area (Å²) in [4.78, 5) is 0. The predicted molar refractivity (Wildman–Crippen MR) is 90.9 cm³/mol. The van der Waals surface area contributed by atoms with E-state index < -0.39 is 21.5 Å². The van der Waals surface area contributed by atoms with E-state index in [-0.39, 0.29) is 29.6 Å². The van der Waals surface area contributed by atoms with E-state index in [9.17, 15) is 18.1 Å². The van der Waals surface area contributed by atoms with Crippen molar-refractivity contribution < 1.29 is 47.6 Å². The Morgan fingerprint density at radius 1 is 0.783 bits per heavy atom. The van der Waals surface area contributed by atoms with Gasteiger partial charge in [0.15, 0.2) is 0 Å². The maximum absolute atomic E-state index is 11.3. The standard InChI is InChI=1S/C17H36O4S.Na/c1-3-5-7-9-10-11-12-14-16(18)17(22(19,20)21)15-13-8-6-4-2;/h16-18H,3-15H2,1-2H3,(H,19,20,21);/q;+1/p-1. The first-order valence-corrected chi connectivity index (χ1v) is 10.5. The van der Waals surface area contributed by atoms with E-state index in [0.29, 0.717) is 19.3 Å². The zero-order chi connectivity index (χ0) is 16.8. The Kier molecular flexibility index (Phi) is 18.5. The molecule has 0 aliphatic heterocycles. The first-order chi connectivity index (χ1) is 10.4. The molecular weight excluding hydrogens is 323 g/mol. The van der Waals surface area contributed by atoms with Gasteiger partial charge in [-0.15, -0.1) is 0 Å². The van der Waals surface area contributed by atoms with Gasteiger partial charge in [0.25, 0.3) is 0 Å². The molecule has 0 aromatic rings. The maximum Gasteiger partial charge on any atom is 1.00 e. The SMILES string of the molecule is CCCCCCCCCC(O)C(CCCCCC)S(=O)(=O)[O-].[Na+]. The van der Waals surface area contributed by atoms with Crippen molar-refractivity contribution >= 4 is 10.1 Å². The van der Waals surface area contributed by atoms with Crippen LogP contribution in [0.2, 0.25) is 0 Å². The minimum Gasteiger partial charge on any atom is -0.748 e. The third-order valence-corrected chi connectivity index (χ3v) is 5.54. The van der Waals surface area contributed by atoms with Gasteiger partial charge >= 0.3 is 29.6 Å². The summed E-state index contributed by atoms with van der Waals surface area (Å²) in [6, 6.07) is 0. The monoisotopic (exact) mass is 358 g/mol. The van der Waals surface area contributed by atoms with Crippen LogP contribution in [0.25, 0.3) is 0 Å². The summed E-state index contributed by atoms with van der Waals surface area (Å²) in [6.07, 6.45) is 11.3. The van der Waals surface area contributed by atoms with Gasteiger partial charge < -0.3 is 9.66 Å². The molecule has 0 bridgehead atoms. The van der Waals surface area contributed by atoms with Crippen molar-refractivity contribution in [3.63, 3.8) is 0 Å². The average molecular weight is 359 g/mol. The molecule has 0 saturated heterocycles. The predicted octanol–water partition coefficient (Wildman–Crippen LogP) is 1.38. The second-order valence-electron chi connectivity index (χ2n) is 6.36. The van der Waals surface area contributed by atoms with Crippen LogP contribution in [-0.2, 0) is 10.1 Å². The van der Waals surface area contributed by atoms with E-state index in [1.165, 1.54) is 25.7 Å². The molecule has 0 aromatic heterocycles. The molecule has 0 aliphatic carbocycles. The van der Waals surface area contributed by atoms with Crippen molar-refractivity contribution in [3.05, 3.63) is 0 Å². The zero-order valence-corrected chi connectivity index (χ0v) is 18.2. The van der Waals surface area contributed by atoms with Crippen LogP contribution < -0.4 is 29.6 Å². The van der Waals surface area contributed by atoms with Crippen molar-refractivity contribution in [1.82, 2.24) is 0 Å². The van der Waals surface area contributed by atoms with Gasteiger partial charge in [-0.25, -0.2) is 8.42 Å². The number of hydrogen-bond donors (Lipinski definition) is 1. The summed E-state index contributed by atoms with van der Waals surface area (Å²) in [5.74, 6) is 0. The maximum atomic E-state index is 11.3. The Labute approximate surface area is 165 Å². The third kappa shape index (κ3) is 14.9. The van der Waals surface area contributed by atoms with Crippen molar-refractivity contribution in [1.29, 1.82) is 0 Å². The van der Waals surface area contributed by atoms with Crippen LogP contribution in [0.1, 0.15) is 97.3 Å². The zero-order valence-electron chi connectivity index (χ0n) is 15.4. The van der Waals surface area contributed by atoms with Crippen LogP contribution in [-0.4, -0.2) is 29.4 Å². The van der Waals surface area contributed by atoms with E-state index in [1.54, 1.807) is 0 Å². The Morgan fingerprint density at radius 3 is 1.65 bits per heavy atom. The molecule has 2 atom stereocenters. The molecular formula is C17H35NaO4S. The molecule has 0 fully saturated rings. The molecule has 0 amide bonds. The molecule has 6 heteroatoms. The van der Waals surface area contributed by atoms with Gasteiger partial charge in [0.1, 0.15) is 10.1 Å². The molecule has 0 spiro atoms. The van der Waals surface area contributed by atoms with E-state index in [4.69, 9.17) is 0 Å². The summed E-state index contributed by atoms with van der Waals surface area (Å²) in [5.41, 5.74) is 0. The number of rotatable bonds is 15. The summed E-state index contributed by atoms with van der Waals surface area (Å²) >= 11 is 0. The fourth-order valence-corrected chi connectivity index (χ4v) is 3.77. The van der Waals surface area contributed by atoms with E-state index >= 15 is 0 Å². The molecule has 0 saturated carbocycles. The number of unbranched alkanes of at least 4 members (excludes halogenated alkanes) is 9. The van der Waals surface area contributed by atoms with Gasteiger partial charge in [0.2, 0.25) is 0 Å². The Bertz CT molecular complexity index is 347. The normalized spacial score (nSPS) is 14.3. The van der Waals surface area contributed by atoms with Crippen LogP contribution >= 0.6 is 0 Å². The third-order valence-electron chi connectivity index (χ3n) is 4.25. The molecule has 0 aliphatic rings. The molecule has 0 radical (unpaired) electrons. The summed E-state index contributed by atoms with van der Waals surface area (Å²) < 4.78 is 34.0. The molecule has 0 heterocycles. The van der Waals surface area contributed by atoms with E-state index in [0.717, 1.165) is 38.5 Å². The van der Waals surface area contributed by atoms with Crippen LogP contribution in [0.15, 0.2) is 0 Å². The van der Waals surface area contributed by atoms with Gasteiger partial charge in [0.05, 0.1) is 11.4 Å². The Morgan fingerprint density at radius 2 is 1.17 bits per heavy atom. The van der Waals surface area contributed by atoms with Crippen LogP contribution in [0.3, 0.4) is 0 Å². The van der Waals surface area contributed by atoms with Crippen molar-refractivity contribution in [3.8, 4) is 0 Å². The smallest absolute Gasteiger partial charge is 0.748 e. The summed E-state index contributed by atoms with van der Waals surface area (Å²) in [5, 5.41) is 8.94. The Hall–Kier alpha value is 0.870. The van der Waals surface area contributed by atoms with E-state index in [2.05, 4.69) is 13.8 Å². The topological polar surface area (TPSA) is 77.4 Å². The molecule has 4 nitrogen and oxygen atoms in total. The molecule has 1 N–H and O–H groups in total. The minimum atomic E-state index is -4.41. The van der Waals surface area contributed by atoms with E-state index in [1.807, 2.05) is 0 Å². The molecule has 2 unspecified atom stereocenters. The first-order valence-electron chi connectivity index (χ1n) is 9.06. The first kappa shape index (κ1) is 26.1. The summed E-state index contributed by atoms with van der Waals surface area (Å²) in [6.45, 7) is 4.26. The Balaban J connectivity index is 0. The molecule has 0 aromatic carbocycles. The minimum absolute atomic E-state index is 0. The molecule has 0 rings (SSSR count). The fraction of sp³-hybridized carbons (Fsp3) is 1.00. The average Bonchev–Trinajstić information content (AvgIpc) is 2.44. The largest absolute Gasteiger partial charge is 1.00 e. The van der Waals surface area contributed by atoms with Crippen LogP contribution in [0.5, 0.6) is 0 Å². The molecule has 23 heavy (non-hydrogen) atoms. The number of hydrogen-bond acceptors (Lipinski definition) is 4. The second-order valence-corrected chi connectivity index (χ2v) is 7.95. The van der Waals surface area contributed by atoms with Crippen LogP contribution in [0.4, 0.5) is 0 Å². The second kappa shape index (κ2) is 16.3. The fourth-order valence-electron chi connectivity index (χ4n) is 2.80. The van der Waals surface area contributed by atoms with Crippen molar-refractivity contribution in [2.75, 3.05) is 0 Å². The number of aliphatic hydroxyl groups excluding tert-OH is 1.